The Morgan fingerprint density at radius 1 is 0.761 bits per heavy atom. The molecule has 2 aromatic carbocycles. The molecule has 4 fully saturated rings. The van der Waals surface area contributed by atoms with Crippen LogP contribution in [0.3, 0.4) is 0 Å². The summed E-state index contributed by atoms with van der Waals surface area (Å²) in [6.07, 6.45) is 10.6. The minimum absolute atomic E-state index is 0.0751. The van der Waals surface area contributed by atoms with Gasteiger partial charge in [-0.1, -0.05) is 0 Å². The lowest BCUT2D eigenvalue weighted by atomic mass is 9.83. The molecule has 4 N–H and O–H groups in total. The maximum absolute atomic E-state index is 11.1. The molecule has 2 aromatic rings. The molecule has 0 aromatic heterocycles. The van der Waals surface area contributed by atoms with Crippen molar-refractivity contribution in [3.05, 3.63) is 46.5 Å². The molecular weight excluding hydrogens is 592 g/mol. The molecule has 6 rings (SSSR count). The third-order valence-electron chi connectivity index (χ3n) is 9.76. The number of nitrogens with one attached hydrogen (secondary N) is 2. The number of anilines is 3. The van der Waals surface area contributed by atoms with Gasteiger partial charge in [-0.05, 0) is 68.6 Å². The zero-order valence-electron chi connectivity index (χ0n) is 27.2. The fourth-order valence-electron chi connectivity index (χ4n) is 6.96. The number of nitrogens with two attached hydrogens (primary N) is 1. The Labute approximate surface area is 271 Å². The molecule has 0 bridgehead atoms. The molecule has 2 spiro atoms. The SMILES string of the molecule is COc1ccc(N)c(NCCC2CCC3(CC2)OCCO3)c1.COc1ccc([N+](=O)[O-])c(NCCC2CCC3(CC2)OCCO3)c1. The van der Waals surface area contributed by atoms with E-state index in [2.05, 4.69) is 10.6 Å². The molecule has 2 saturated carbocycles. The van der Waals surface area contributed by atoms with Gasteiger partial charge in [-0.2, -0.15) is 0 Å². The van der Waals surface area contributed by atoms with Gasteiger partial charge in [0, 0.05) is 57.0 Å². The van der Waals surface area contributed by atoms with E-state index in [0.717, 1.165) is 94.2 Å². The van der Waals surface area contributed by atoms with Gasteiger partial charge in [-0.15, -0.1) is 0 Å². The van der Waals surface area contributed by atoms with E-state index in [-0.39, 0.29) is 22.2 Å². The van der Waals surface area contributed by atoms with Crippen LogP contribution in [-0.2, 0) is 18.9 Å². The number of rotatable bonds is 11. The molecule has 4 aliphatic rings. The molecule has 0 unspecified atom stereocenters. The highest BCUT2D eigenvalue weighted by Crippen LogP contribution is 2.40. The maximum Gasteiger partial charge on any atom is 0.292 e. The number of hydrogen-bond acceptors (Lipinski definition) is 11. The van der Waals surface area contributed by atoms with Crippen LogP contribution in [-0.4, -0.2) is 70.2 Å². The summed E-state index contributed by atoms with van der Waals surface area (Å²) >= 11 is 0. The first-order valence-electron chi connectivity index (χ1n) is 16.6. The highest BCUT2D eigenvalue weighted by atomic mass is 16.7. The molecule has 2 heterocycles. The van der Waals surface area contributed by atoms with Crippen LogP contribution in [0.1, 0.15) is 64.2 Å². The molecule has 254 valence electrons. The molecule has 2 saturated heterocycles. The summed E-state index contributed by atoms with van der Waals surface area (Å²) in [6.45, 7) is 4.53. The van der Waals surface area contributed by atoms with E-state index in [1.54, 1.807) is 26.4 Å². The summed E-state index contributed by atoms with van der Waals surface area (Å²) in [5, 5.41) is 17.7. The molecular formula is C34H50N4O8. The number of ether oxygens (including phenoxy) is 6. The van der Waals surface area contributed by atoms with Gasteiger partial charge >= 0.3 is 0 Å². The predicted molar refractivity (Wildman–Crippen MR) is 176 cm³/mol. The molecule has 0 atom stereocenters. The highest BCUT2D eigenvalue weighted by molar-refractivity contribution is 5.68. The number of nitrogens with zero attached hydrogens (tertiary/aromatic N) is 1. The lowest BCUT2D eigenvalue weighted by Crippen LogP contribution is -2.35. The monoisotopic (exact) mass is 642 g/mol. The van der Waals surface area contributed by atoms with Gasteiger partial charge in [0.2, 0.25) is 0 Å². The van der Waals surface area contributed by atoms with Crippen molar-refractivity contribution >= 4 is 22.7 Å². The fraction of sp³-hybridized carbons (Fsp3) is 0.647. The van der Waals surface area contributed by atoms with E-state index in [9.17, 15) is 10.1 Å². The molecule has 12 nitrogen and oxygen atoms in total. The van der Waals surface area contributed by atoms with Crippen LogP contribution in [0.2, 0.25) is 0 Å². The Hall–Kier alpha value is -3.32. The highest BCUT2D eigenvalue weighted by Gasteiger charge is 2.41. The van der Waals surface area contributed by atoms with Gasteiger partial charge in [-0.25, -0.2) is 0 Å². The van der Waals surface area contributed by atoms with Crippen molar-refractivity contribution in [1.29, 1.82) is 0 Å². The van der Waals surface area contributed by atoms with Crippen LogP contribution in [0.15, 0.2) is 36.4 Å². The van der Waals surface area contributed by atoms with Crippen molar-refractivity contribution in [2.24, 2.45) is 11.8 Å². The summed E-state index contributed by atoms with van der Waals surface area (Å²) in [5.74, 6) is 2.19. The Kier molecular flexibility index (Phi) is 11.8. The maximum atomic E-state index is 11.1. The van der Waals surface area contributed by atoms with E-state index < -0.39 is 0 Å². The van der Waals surface area contributed by atoms with Crippen molar-refractivity contribution in [1.82, 2.24) is 0 Å². The summed E-state index contributed by atoms with van der Waals surface area (Å²) in [7, 11) is 3.22. The van der Waals surface area contributed by atoms with E-state index in [1.165, 1.54) is 18.9 Å². The zero-order valence-corrected chi connectivity index (χ0v) is 27.2. The summed E-state index contributed by atoms with van der Waals surface area (Å²) < 4.78 is 33.4. The number of nitro benzene ring substituents is 1. The second-order valence-corrected chi connectivity index (χ2v) is 12.6. The van der Waals surface area contributed by atoms with Crippen LogP contribution in [0, 0.1) is 22.0 Å². The standard InChI is InChI=1S/C17H24N2O5.C17H26N2O3/c1-22-14-2-3-16(19(20)21)15(12-14)18-9-6-13-4-7-17(8-5-13)23-10-11-24-17;1-20-14-2-3-15(18)16(12-14)19-9-6-13-4-7-17(8-5-13)21-10-11-22-17/h2-3,12-13,18H,4-11H2,1H3;2-3,12-13,19H,4-11,18H2,1H3. The molecule has 46 heavy (non-hydrogen) atoms. The summed E-state index contributed by atoms with van der Waals surface area (Å²) in [6, 6.07) is 10.5. The Bertz CT molecular complexity index is 1260. The first kappa shape index (κ1) is 34.0. The second kappa shape index (κ2) is 16.0. The number of methoxy groups -OCH3 is 2. The molecule has 0 radical (unpaired) electrons. The van der Waals surface area contributed by atoms with Gasteiger partial charge in [0.25, 0.3) is 5.69 Å². The first-order valence-corrected chi connectivity index (χ1v) is 16.6. The fourth-order valence-corrected chi connectivity index (χ4v) is 6.96. The van der Waals surface area contributed by atoms with Gasteiger partial charge in [0.05, 0.1) is 56.9 Å². The smallest absolute Gasteiger partial charge is 0.292 e. The van der Waals surface area contributed by atoms with Crippen LogP contribution in [0.25, 0.3) is 0 Å². The van der Waals surface area contributed by atoms with E-state index in [4.69, 9.17) is 34.2 Å². The van der Waals surface area contributed by atoms with Gasteiger partial charge in [-0.3, -0.25) is 10.1 Å². The quantitative estimate of drug-likeness (QED) is 0.143. The van der Waals surface area contributed by atoms with Crippen molar-refractivity contribution in [2.45, 2.75) is 75.8 Å². The Morgan fingerprint density at radius 3 is 1.65 bits per heavy atom. The van der Waals surface area contributed by atoms with E-state index >= 15 is 0 Å². The lowest BCUT2D eigenvalue weighted by Gasteiger charge is -2.35. The molecule has 12 heteroatoms. The van der Waals surface area contributed by atoms with Crippen LogP contribution in [0.5, 0.6) is 11.5 Å². The zero-order chi connectivity index (χ0) is 32.4. The van der Waals surface area contributed by atoms with Crippen molar-refractivity contribution in [2.75, 3.05) is 70.1 Å². The normalized spacial score (nSPS) is 21.8. The van der Waals surface area contributed by atoms with Crippen LogP contribution >= 0.6 is 0 Å². The average molecular weight is 643 g/mol. The largest absolute Gasteiger partial charge is 0.497 e. The van der Waals surface area contributed by atoms with E-state index in [1.807, 2.05) is 18.2 Å². The number of benzene rings is 2. The van der Waals surface area contributed by atoms with Crippen LogP contribution < -0.4 is 25.8 Å². The van der Waals surface area contributed by atoms with Gasteiger partial charge in [0.15, 0.2) is 11.6 Å². The lowest BCUT2D eigenvalue weighted by molar-refractivity contribution is -0.384. The number of nitrogen functional groups attached to an aromatic ring is 1. The Balaban J connectivity index is 0.000000182. The molecule has 2 aliphatic heterocycles. The minimum Gasteiger partial charge on any atom is -0.497 e. The minimum atomic E-state index is -0.374. The number of nitro groups is 1. The molecule has 0 amide bonds. The van der Waals surface area contributed by atoms with Crippen molar-refractivity contribution in [3.8, 4) is 11.5 Å². The van der Waals surface area contributed by atoms with Crippen molar-refractivity contribution in [3.63, 3.8) is 0 Å². The topological polar surface area (TPSA) is 149 Å². The van der Waals surface area contributed by atoms with Crippen molar-refractivity contribution < 1.29 is 33.3 Å². The average Bonchev–Trinajstić information content (AvgIpc) is 3.74. The van der Waals surface area contributed by atoms with E-state index in [0.29, 0.717) is 37.1 Å². The third kappa shape index (κ3) is 8.93. The second-order valence-electron chi connectivity index (χ2n) is 12.6. The van der Waals surface area contributed by atoms with Gasteiger partial charge in [0.1, 0.15) is 17.2 Å². The van der Waals surface area contributed by atoms with Crippen LogP contribution in [0.4, 0.5) is 22.7 Å². The summed E-state index contributed by atoms with van der Waals surface area (Å²) in [5.41, 5.74) is 8.29. The third-order valence-corrected chi connectivity index (χ3v) is 9.76. The first-order chi connectivity index (χ1) is 22.3. The molecule has 2 aliphatic carbocycles. The predicted octanol–water partition coefficient (Wildman–Crippen LogP) is 6.35. The van der Waals surface area contributed by atoms with Gasteiger partial charge < -0.3 is 44.8 Å². The Morgan fingerprint density at radius 2 is 1.20 bits per heavy atom. The summed E-state index contributed by atoms with van der Waals surface area (Å²) in [4.78, 5) is 10.8. The number of hydrogen-bond donors (Lipinski definition) is 3.